The summed E-state index contributed by atoms with van der Waals surface area (Å²) in [6, 6.07) is 12.8. The summed E-state index contributed by atoms with van der Waals surface area (Å²) < 4.78 is 29.8. The molecule has 7 rings (SSSR count). The SMILES string of the molecule is COc1c(CN2CCC(C(=O)O)C2)cc(Cl)c(OC2C(C)=Cc3c(-c4cccc(NC(=O)c5nc6c(n5C)CCN(C)C6)c4Cl)cccc32)c1F. The summed E-state index contributed by atoms with van der Waals surface area (Å²) in [6.45, 7) is 4.73. The zero-order valence-corrected chi connectivity index (χ0v) is 30.2. The van der Waals surface area contributed by atoms with E-state index in [1.165, 1.54) is 7.11 Å². The molecule has 4 aromatic rings. The number of fused-ring (bicyclic) bond motifs is 2. The molecule has 0 spiro atoms. The van der Waals surface area contributed by atoms with Gasteiger partial charge in [-0.1, -0.05) is 59.6 Å². The number of benzene rings is 3. The van der Waals surface area contributed by atoms with Crippen LogP contribution in [-0.2, 0) is 31.4 Å². The van der Waals surface area contributed by atoms with Crippen molar-refractivity contribution in [1.29, 1.82) is 0 Å². The predicted octanol–water partition coefficient (Wildman–Crippen LogP) is 7.23. The third-order valence-electron chi connectivity index (χ3n) is 10.1. The second kappa shape index (κ2) is 14.0. The van der Waals surface area contributed by atoms with Crippen molar-refractivity contribution in [2.75, 3.05) is 39.1 Å². The number of aromatic nitrogens is 2. The first-order valence-corrected chi connectivity index (χ1v) is 17.5. The van der Waals surface area contributed by atoms with Crippen LogP contribution in [0.3, 0.4) is 0 Å². The van der Waals surface area contributed by atoms with Crippen LogP contribution < -0.4 is 14.8 Å². The Kier molecular flexibility index (Phi) is 9.57. The molecule has 51 heavy (non-hydrogen) atoms. The quantitative estimate of drug-likeness (QED) is 0.186. The fourth-order valence-corrected chi connectivity index (χ4v) is 7.94. The molecule has 10 nitrogen and oxygen atoms in total. The largest absolute Gasteiger partial charge is 0.493 e. The minimum absolute atomic E-state index is 0.00507. The van der Waals surface area contributed by atoms with Crippen LogP contribution in [0.5, 0.6) is 11.5 Å². The molecule has 0 radical (unpaired) electrons. The number of nitrogens with one attached hydrogen (secondary N) is 1. The molecule has 266 valence electrons. The first kappa shape index (κ1) is 35.0. The Morgan fingerprint density at radius 1 is 1.10 bits per heavy atom. The highest BCUT2D eigenvalue weighted by Crippen LogP contribution is 2.47. The number of ether oxygens (including phenoxy) is 2. The van der Waals surface area contributed by atoms with Gasteiger partial charge in [0.15, 0.2) is 17.3 Å². The highest BCUT2D eigenvalue weighted by atomic mass is 35.5. The highest BCUT2D eigenvalue weighted by molar-refractivity contribution is 6.36. The van der Waals surface area contributed by atoms with E-state index < -0.39 is 23.8 Å². The number of hydrogen-bond donors (Lipinski definition) is 2. The third kappa shape index (κ3) is 6.48. The lowest BCUT2D eigenvalue weighted by Gasteiger charge is -2.23. The van der Waals surface area contributed by atoms with Crippen LogP contribution in [0.15, 0.2) is 48.0 Å². The molecule has 1 aromatic heterocycles. The minimum Gasteiger partial charge on any atom is -0.493 e. The van der Waals surface area contributed by atoms with E-state index in [4.69, 9.17) is 32.7 Å². The molecule has 2 aliphatic heterocycles. The minimum atomic E-state index is -0.838. The molecule has 1 saturated heterocycles. The van der Waals surface area contributed by atoms with Crippen molar-refractivity contribution in [3.05, 3.63) is 97.8 Å². The number of carbonyl (C=O) groups excluding carboxylic acids is 1. The van der Waals surface area contributed by atoms with Gasteiger partial charge in [-0.3, -0.25) is 14.5 Å². The summed E-state index contributed by atoms with van der Waals surface area (Å²) in [5.74, 6) is -2.17. The summed E-state index contributed by atoms with van der Waals surface area (Å²) in [5, 5.41) is 12.8. The first-order chi connectivity index (χ1) is 24.4. The van der Waals surface area contributed by atoms with Gasteiger partial charge in [0.05, 0.1) is 34.5 Å². The summed E-state index contributed by atoms with van der Waals surface area (Å²) >= 11 is 13.7. The summed E-state index contributed by atoms with van der Waals surface area (Å²) in [7, 11) is 5.28. The van der Waals surface area contributed by atoms with Crippen LogP contribution in [0.4, 0.5) is 10.1 Å². The Hall–Kier alpha value is -4.42. The number of carboxylic acid groups (broad SMARTS) is 1. The maximum Gasteiger partial charge on any atom is 0.307 e. The van der Waals surface area contributed by atoms with Gasteiger partial charge in [-0.25, -0.2) is 4.98 Å². The number of methoxy groups -OCH3 is 1. The van der Waals surface area contributed by atoms with Crippen LogP contribution in [0.2, 0.25) is 10.0 Å². The number of carbonyl (C=O) groups is 2. The molecule has 1 amide bonds. The number of amides is 1. The van der Waals surface area contributed by atoms with Crippen LogP contribution in [0.25, 0.3) is 17.2 Å². The molecule has 0 saturated carbocycles. The Morgan fingerprint density at radius 2 is 1.86 bits per heavy atom. The lowest BCUT2D eigenvalue weighted by molar-refractivity contribution is -0.141. The molecule has 2 atom stereocenters. The van der Waals surface area contributed by atoms with Gasteiger partial charge in [0.25, 0.3) is 5.91 Å². The number of nitrogens with zero attached hydrogens (tertiary/aromatic N) is 4. The van der Waals surface area contributed by atoms with Crippen LogP contribution >= 0.6 is 23.2 Å². The van der Waals surface area contributed by atoms with E-state index in [1.54, 1.807) is 12.1 Å². The second-order valence-corrected chi connectivity index (χ2v) is 14.2. The number of rotatable bonds is 9. The second-order valence-electron chi connectivity index (χ2n) is 13.4. The van der Waals surface area contributed by atoms with Crippen LogP contribution in [0.1, 0.15) is 58.1 Å². The van der Waals surface area contributed by atoms with E-state index in [2.05, 4.69) is 15.2 Å². The van der Waals surface area contributed by atoms with Crippen molar-refractivity contribution in [2.24, 2.45) is 13.0 Å². The molecule has 2 N–H and O–H groups in total. The average Bonchev–Trinajstić information content (AvgIpc) is 3.79. The molecule has 1 fully saturated rings. The van der Waals surface area contributed by atoms with Crippen LogP contribution in [-0.4, -0.2) is 70.1 Å². The van der Waals surface area contributed by atoms with E-state index >= 15 is 4.39 Å². The number of aliphatic carboxylic acids is 1. The predicted molar refractivity (Wildman–Crippen MR) is 194 cm³/mol. The molecular weight excluding hydrogens is 696 g/mol. The maximum absolute atomic E-state index is 16.1. The van der Waals surface area contributed by atoms with Crippen molar-refractivity contribution >= 4 is 46.8 Å². The van der Waals surface area contributed by atoms with Gasteiger partial charge in [-0.15, -0.1) is 0 Å². The van der Waals surface area contributed by atoms with E-state index in [1.807, 2.05) is 66.9 Å². The third-order valence-corrected chi connectivity index (χ3v) is 10.7. The Bertz CT molecular complexity index is 2100. The van der Waals surface area contributed by atoms with Crippen molar-refractivity contribution < 1.29 is 28.6 Å². The Labute approximate surface area is 305 Å². The number of imidazole rings is 1. The number of halogens is 3. The number of anilines is 1. The van der Waals surface area contributed by atoms with Gasteiger partial charge in [-0.2, -0.15) is 4.39 Å². The van der Waals surface area contributed by atoms with Crippen molar-refractivity contribution in [3.8, 4) is 22.6 Å². The van der Waals surface area contributed by atoms with E-state index in [0.29, 0.717) is 60.3 Å². The van der Waals surface area contributed by atoms with E-state index in [9.17, 15) is 14.7 Å². The molecule has 1 aliphatic carbocycles. The number of likely N-dealkylation sites (N-methyl/N-ethyl adjacent to an activating group) is 1. The number of hydrogen-bond acceptors (Lipinski definition) is 7. The molecule has 3 heterocycles. The summed E-state index contributed by atoms with van der Waals surface area (Å²) in [4.78, 5) is 33.7. The van der Waals surface area contributed by atoms with Crippen molar-refractivity contribution in [1.82, 2.24) is 19.4 Å². The lowest BCUT2D eigenvalue weighted by Crippen LogP contribution is -2.27. The van der Waals surface area contributed by atoms with Gasteiger partial charge in [-0.05, 0) is 55.8 Å². The molecule has 2 unspecified atom stereocenters. The average molecular weight is 735 g/mol. The fourth-order valence-electron chi connectivity index (χ4n) is 7.41. The number of carboxylic acids is 1. The van der Waals surface area contributed by atoms with Gasteiger partial charge in [0, 0.05) is 62.0 Å². The van der Waals surface area contributed by atoms with Crippen molar-refractivity contribution in [3.63, 3.8) is 0 Å². The normalized spacial score (nSPS) is 18.7. The Morgan fingerprint density at radius 3 is 2.61 bits per heavy atom. The molecule has 3 aliphatic rings. The topological polar surface area (TPSA) is 109 Å². The molecule has 0 bridgehead atoms. The number of likely N-dealkylation sites (tertiary alicyclic amines) is 1. The van der Waals surface area contributed by atoms with Crippen molar-refractivity contribution in [2.45, 2.75) is 39.0 Å². The zero-order valence-electron chi connectivity index (χ0n) is 28.7. The smallest absolute Gasteiger partial charge is 0.307 e. The zero-order chi connectivity index (χ0) is 36.1. The van der Waals surface area contributed by atoms with Crippen LogP contribution in [0, 0.1) is 11.7 Å². The fraction of sp³-hybridized carbons (Fsp3) is 0.342. The summed E-state index contributed by atoms with van der Waals surface area (Å²) in [6.07, 6.45) is 2.68. The van der Waals surface area contributed by atoms with E-state index in [-0.39, 0.29) is 22.4 Å². The van der Waals surface area contributed by atoms with Gasteiger partial charge in [0.2, 0.25) is 5.82 Å². The first-order valence-electron chi connectivity index (χ1n) is 16.8. The maximum atomic E-state index is 16.1. The lowest BCUT2D eigenvalue weighted by atomic mass is 9.96. The molecule has 3 aromatic carbocycles. The van der Waals surface area contributed by atoms with E-state index in [0.717, 1.165) is 46.6 Å². The molecular formula is C38H38Cl2FN5O5. The monoisotopic (exact) mass is 733 g/mol. The Balaban J connectivity index is 1.14. The molecule has 13 heteroatoms. The summed E-state index contributed by atoms with van der Waals surface area (Å²) in [5.41, 5.74) is 6.94. The van der Waals surface area contributed by atoms with Gasteiger partial charge < -0.3 is 29.4 Å². The van der Waals surface area contributed by atoms with Gasteiger partial charge >= 0.3 is 5.97 Å². The van der Waals surface area contributed by atoms with Gasteiger partial charge in [0.1, 0.15) is 6.10 Å². The highest BCUT2D eigenvalue weighted by Gasteiger charge is 2.33. The standard InChI is InChI=1S/C38H38Cl2FN5O5/c1-20-15-26-23(24-8-6-10-28(31(24)40)43-37(47)36-42-29-19-44(2)13-12-30(29)45(36)3)7-5-9-25(26)33(20)51-35-27(39)16-22(34(50-4)32(35)41)18-46-14-11-21(17-46)38(48)49/h5-10,15-16,21,33H,11-14,17-19H2,1-4H3,(H,43,47)(H,48,49).